The molecule has 2 heterocycles. The predicted octanol–water partition coefficient (Wildman–Crippen LogP) is -2.56. The summed E-state index contributed by atoms with van der Waals surface area (Å²) < 4.78 is 13.4. The Morgan fingerprint density at radius 1 is 1.07 bits per heavy atom. The van der Waals surface area contributed by atoms with Crippen LogP contribution in [-0.2, 0) is 0 Å². The summed E-state index contributed by atoms with van der Waals surface area (Å²) in [6, 6.07) is 4.35. The second kappa shape index (κ2) is 4.87. The zero-order chi connectivity index (χ0) is 7.97. The van der Waals surface area contributed by atoms with Gasteiger partial charge in [-0.25, -0.2) is 0 Å². The first-order valence-electron chi connectivity index (χ1n) is 3.20. The predicted molar refractivity (Wildman–Crippen MR) is 57.3 cm³/mol. The molecule has 1 aromatic carbocycles. The molecule has 3 rings (SSSR count). The van der Waals surface area contributed by atoms with E-state index in [9.17, 15) is 0 Å². The van der Waals surface area contributed by atoms with Gasteiger partial charge in [-0.3, -0.25) is 0 Å². The Morgan fingerprint density at radius 3 is 2.57 bits per heavy atom. The number of hydrogen-bond acceptors (Lipinski definition) is 2. The third kappa shape index (κ3) is 1.95. The monoisotopic (exact) mass is 300 g/mol. The molecule has 0 unspecified atom stereocenters. The largest absolute Gasteiger partial charge is 1.00 e. The standard InChI is InChI=1S/C6H2N2S4.2ClH/c1-3-5(11-7-9-3)2-6-4(1)10-8-12-6;;/h1-2H;2*1H/q+2;;/p-2. The van der Waals surface area contributed by atoms with Crippen LogP contribution >= 0.6 is 46.1 Å². The molecule has 0 radical (unpaired) electrons. The molecule has 0 saturated heterocycles. The lowest BCUT2D eigenvalue weighted by atomic mass is 10.4. The lowest BCUT2D eigenvalue weighted by Crippen LogP contribution is -3.00. The lowest BCUT2D eigenvalue weighted by molar-refractivity contribution is -0.00100. The van der Waals surface area contributed by atoms with Gasteiger partial charge < -0.3 is 24.8 Å². The van der Waals surface area contributed by atoms with Crippen LogP contribution in [0.1, 0.15) is 0 Å². The number of nitrogens with zero attached hydrogens (tertiary/aromatic N) is 2. The van der Waals surface area contributed by atoms with E-state index >= 15 is 0 Å². The molecule has 2 aromatic heterocycles. The Balaban J connectivity index is 0.000000490. The first-order chi connectivity index (χ1) is 5.93. The first-order valence-corrected chi connectivity index (χ1v) is 6.30. The van der Waals surface area contributed by atoms with Crippen molar-refractivity contribution in [3.8, 4) is 0 Å². The molecule has 0 fully saturated rings. The molecule has 0 aliphatic rings. The smallest absolute Gasteiger partial charge is 0.288 e. The van der Waals surface area contributed by atoms with E-state index < -0.39 is 0 Å². The van der Waals surface area contributed by atoms with E-state index in [1.165, 1.54) is 18.8 Å². The van der Waals surface area contributed by atoms with Gasteiger partial charge in [0.05, 0.1) is 15.9 Å². The molecule has 8 heteroatoms. The summed E-state index contributed by atoms with van der Waals surface area (Å²) in [5.74, 6) is 0. The average molecular weight is 301 g/mol. The first kappa shape index (κ1) is 12.4. The molecule has 0 atom stereocenters. The summed E-state index contributed by atoms with van der Waals surface area (Å²) >= 11 is 6.23. The topological polar surface area (TPSA) is 27.0 Å². The highest BCUT2D eigenvalue weighted by Crippen LogP contribution is 2.31. The minimum Gasteiger partial charge on any atom is -1.00 e. The summed E-state index contributed by atoms with van der Waals surface area (Å²) in [4.78, 5) is 0. The Bertz CT molecular complexity index is 458. The fourth-order valence-corrected chi connectivity index (χ4v) is 4.46. The Morgan fingerprint density at radius 2 is 1.79 bits per heavy atom. The van der Waals surface area contributed by atoms with Crippen molar-refractivity contribution in [1.82, 2.24) is 7.53 Å². The molecule has 0 amide bonds. The maximum atomic E-state index is 4.18. The van der Waals surface area contributed by atoms with Gasteiger partial charge in [0.2, 0.25) is 32.5 Å². The van der Waals surface area contributed by atoms with Crippen LogP contribution in [-0.4, -0.2) is 3.76 Å². The van der Waals surface area contributed by atoms with Crippen LogP contribution in [0, 0.1) is 0 Å². The van der Waals surface area contributed by atoms with Gasteiger partial charge in [0.25, 0.3) is 9.40 Å². The van der Waals surface area contributed by atoms with Crippen LogP contribution in [0.2, 0.25) is 0 Å². The van der Waals surface area contributed by atoms with Gasteiger partial charge >= 0.3 is 0 Å². The van der Waals surface area contributed by atoms with Crippen molar-refractivity contribution in [1.29, 1.82) is 0 Å². The van der Waals surface area contributed by atoms with Crippen LogP contribution < -0.4 is 28.6 Å². The molecule has 74 valence electrons. The van der Waals surface area contributed by atoms with E-state index in [-0.39, 0.29) is 24.8 Å². The summed E-state index contributed by atoms with van der Waals surface area (Å²) in [7, 11) is 0. The second-order valence-electron chi connectivity index (χ2n) is 2.26. The SMILES string of the molecule is [Cl-].[Cl-].c1c2sn[s+]c2cc2[s+][n-][s+]c12. The van der Waals surface area contributed by atoms with Crippen molar-refractivity contribution in [3.63, 3.8) is 0 Å². The Hall–Kier alpha value is 0.280. The third-order valence-corrected chi connectivity index (χ3v) is 5.14. The molecule has 3 aromatic rings. The molecule has 0 bridgehead atoms. The number of aromatic nitrogens is 2. The zero-order valence-corrected chi connectivity index (χ0v) is 11.2. The van der Waals surface area contributed by atoms with Crippen LogP contribution in [0.25, 0.3) is 18.8 Å². The number of rotatable bonds is 0. The van der Waals surface area contributed by atoms with Crippen molar-refractivity contribution < 1.29 is 24.8 Å². The van der Waals surface area contributed by atoms with E-state index in [1.54, 1.807) is 46.1 Å². The van der Waals surface area contributed by atoms with Crippen molar-refractivity contribution in [2.24, 2.45) is 0 Å². The highest BCUT2D eigenvalue weighted by molar-refractivity contribution is 7.32. The van der Waals surface area contributed by atoms with Gasteiger partial charge in [0.1, 0.15) is 0 Å². The molecular formula is C6H2Cl2N2S4. The van der Waals surface area contributed by atoms with Crippen molar-refractivity contribution >= 4 is 64.9 Å². The fraction of sp³-hybridized carbons (Fsp3) is 0. The number of hydrogen-bond donors (Lipinski definition) is 0. The van der Waals surface area contributed by atoms with E-state index in [2.05, 4.69) is 19.7 Å². The van der Waals surface area contributed by atoms with E-state index in [0.29, 0.717) is 0 Å². The number of fused-ring (bicyclic) bond motifs is 2. The minimum absolute atomic E-state index is 0. The van der Waals surface area contributed by atoms with Gasteiger partial charge in [-0.15, -0.1) is 3.76 Å². The maximum Gasteiger partial charge on any atom is 0.288 e. The molecule has 0 N–H and O–H groups in total. The van der Waals surface area contributed by atoms with Crippen molar-refractivity contribution in [2.75, 3.05) is 0 Å². The number of benzene rings is 1. The molecule has 2 nitrogen and oxygen atoms in total. The summed E-state index contributed by atoms with van der Waals surface area (Å²) in [6.45, 7) is 0. The molecule has 14 heavy (non-hydrogen) atoms. The average Bonchev–Trinajstić information content (AvgIpc) is 2.64. The van der Waals surface area contributed by atoms with Crippen LogP contribution in [0.5, 0.6) is 0 Å². The maximum absolute atomic E-state index is 4.18. The lowest BCUT2D eigenvalue weighted by Gasteiger charge is -1.69. The fourth-order valence-electron chi connectivity index (χ4n) is 1.01. The normalized spacial score (nSPS) is 9.71. The molecule has 0 spiro atoms. The van der Waals surface area contributed by atoms with E-state index in [0.717, 1.165) is 0 Å². The minimum atomic E-state index is 0. The molecule has 0 saturated carbocycles. The quantitative estimate of drug-likeness (QED) is 0.427. The highest BCUT2D eigenvalue weighted by Gasteiger charge is 2.19. The zero-order valence-electron chi connectivity index (χ0n) is 6.44. The second-order valence-corrected chi connectivity index (χ2v) is 5.94. The molecule has 0 aliphatic carbocycles. The van der Waals surface area contributed by atoms with Crippen LogP contribution in [0.3, 0.4) is 0 Å². The van der Waals surface area contributed by atoms with Gasteiger partial charge in [0.15, 0.2) is 23.1 Å². The van der Waals surface area contributed by atoms with Gasteiger partial charge in [-0.05, 0) is 0 Å². The Kier molecular flexibility index (Phi) is 4.30. The van der Waals surface area contributed by atoms with Crippen LogP contribution in [0.4, 0.5) is 0 Å². The van der Waals surface area contributed by atoms with Gasteiger partial charge in [-0.1, -0.05) is 0 Å². The van der Waals surface area contributed by atoms with Gasteiger partial charge in [-0.2, -0.15) is 0 Å². The van der Waals surface area contributed by atoms with Crippen molar-refractivity contribution in [2.45, 2.75) is 0 Å². The molecular weight excluding hydrogens is 299 g/mol. The molecule has 0 aliphatic heterocycles. The summed E-state index contributed by atoms with van der Waals surface area (Å²) in [5, 5.41) is 0. The van der Waals surface area contributed by atoms with E-state index in [1.807, 2.05) is 0 Å². The highest BCUT2D eigenvalue weighted by atomic mass is 35.5. The van der Waals surface area contributed by atoms with E-state index in [4.69, 9.17) is 0 Å². The number of halogens is 2. The third-order valence-electron chi connectivity index (χ3n) is 1.55. The van der Waals surface area contributed by atoms with Gasteiger partial charge in [0, 0.05) is 0 Å². The Labute approximate surface area is 109 Å². The van der Waals surface area contributed by atoms with Crippen molar-refractivity contribution in [3.05, 3.63) is 12.1 Å². The summed E-state index contributed by atoms with van der Waals surface area (Å²) in [5.41, 5.74) is 0. The summed E-state index contributed by atoms with van der Waals surface area (Å²) in [6.07, 6.45) is 0. The van der Waals surface area contributed by atoms with Crippen LogP contribution in [0.15, 0.2) is 12.1 Å².